The summed E-state index contributed by atoms with van der Waals surface area (Å²) in [4.78, 5) is 23.2. The van der Waals surface area contributed by atoms with Gasteiger partial charge in [-0.25, -0.2) is 0 Å². The zero-order chi connectivity index (χ0) is 22.9. The average molecular weight is 442 g/mol. The number of aryl methyl sites for hydroxylation is 2. The maximum Gasteiger partial charge on any atom is 0.259 e. The highest BCUT2D eigenvalue weighted by atomic mass is 16.2. The first kappa shape index (κ1) is 21.5. The third-order valence-corrected chi connectivity index (χ3v) is 6.82. The number of amides is 1. The molecule has 2 aromatic heterocycles. The minimum Gasteiger partial charge on any atom is -0.359 e. The van der Waals surface area contributed by atoms with Gasteiger partial charge in [0, 0.05) is 41.4 Å². The Bertz CT molecular complexity index is 1190. The molecule has 0 unspecified atom stereocenters. The number of benzene rings is 1. The highest BCUT2D eigenvalue weighted by Crippen LogP contribution is 2.41. The summed E-state index contributed by atoms with van der Waals surface area (Å²) < 4.78 is 0. The molecule has 33 heavy (non-hydrogen) atoms. The van der Waals surface area contributed by atoms with Crippen molar-refractivity contribution in [2.45, 2.75) is 45.6 Å². The van der Waals surface area contributed by atoms with Crippen molar-refractivity contribution in [2.75, 3.05) is 16.8 Å². The number of fused-ring (bicyclic) bond motifs is 1. The zero-order valence-electron chi connectivity index (χ0n) is 19.3. The number of H-pyrrole nitrogens is 1. The fraction of sp³-hybridized carbons (Fsp3) is 0.333. The van der Waals surface area contributed by atoms with Crippen molar-refractivity contribution in [3.8, 4) is 0 Å². The molecule has 1 aromatic carbocycles. The molecule has 1 saturated carbocycles. The summed E-state index contributed by atoms with van der Waals surface area (Å²) in [7, 11) is 0. The smallest absolute Gasteiger partial charge is 0.259 e. The Balaban J connectivity index is 1.51. The first-order chi connectivity index (χ1) is 16.0. The van der Waals surface area contributed by atoms with E-state index in [4.69, 9.17) is 5.73 Å². The van der Waals surface area contributed by atoms with Crippen LogP contribution in [0.3, 0.4) is 0 Å². The lowest BCUT2D eigenvalue weighted by atomic mass is 9.86. The molecule has 3 heterocycles. The van der Waals surface area contributed by atoms with Gasteiger partial charge >= 0.3 is 0 Å². The third kappa shape index (κ3) is 4.44. The van der Waals surface area contributed by atoms with Crippen LogP contribution in [0, 0.1) is 19.8 Å². The molecule has 0 spiro atoms. The molecule has 1 fully saturated rings. The highest BCUT2D eigenvalue weighted by Gasteiger charge is 2.35. The molecule has 6 heteroatoms. The van der Waals surface area contributed by atoms with E-state index < -0.39 is 0 Å². The van der Waals surface area contributed by atoms with Crippen LogP contribution >= 0.6 is 0 Å². The van der Waals surface area contributed by atoms with Crippen molar-refractivity contribution >= 4 is 34.6 Å². The zero-order valence-corrected chi connectivity index (χ0v) is 19.3. The predicted molar refractivity (Wildman–Crippen MR) is 134 cm³/mol. The van der Waals surface area contributed by atoms with Gasteiger partial charge < -0.3 is 20.9 Å². The second kappa shape index (κ2) is 8.87. The van der Waals surface area contributed by atoms with Crippen LogP contribution in [-0.2, 0) is 4.79 Å². The molecular formula is C27H31N5O. The number of pyridine rings is 1. The van der Waals surface area contributed by atoms with E-state index in [2.05, 4.69) is 40.4 Å². The first-order valence-electron chi connectivity index (χ1n) is 11.7. The molecule has 0 atom stereocenters. The summed E-state index contributed by atoms with van der Waals surface area (Å²) >= 11 is 0. The second-order valence-corrected chi connectivity index (χ2v) is 9.40. The van der Waals surface area contributed by atoms with Gasteiger partial charge in [0.05, 0.1) is 23.1 Å². The normalized spacial score (nSPS) is 21.5. The molecule has 1 aliphatic carbocycles. The monoisotopic (exact) mass is 441 g/mol. The van der Waals surface area contributed by atoms with Crippen molar-refractivity contribution in [1.29, 1.82) is 0 Å². The van der Waals surface area contributed by atoms with Crippen molar-refractivity contribution in [2.24, 2.45) is 11.7 Å². The Hall–Kier alpha value is -3.38. The number of carbonyl (C=O) groups excluding carboxylic acids is 1. The number of carbonyl (C=O) groups is 1. The van der Waals surface area contributed by atoms with Gasteiger partial charge in [-0.2, -0.15) is 0 Å². The van der Waals surface area contributed by atoms with Gasteiger partial charge in [0.15, 0.2) is 0 Å². The van der Waals surface area contributed by atoms with Gasteiger partial charge in [0.25, 0.3) is 5.91 Å². The molecular weight excluding hydrogens is 410 g/mol. The topological polar surface area (TPSA) is 87.0 Å². The minimum atomic E-state index is 0.0741. The van der Waals surface area contributed by atoms with E-state index in [0.29, 0.717) is 12.0 Å². The predicted octanol–water partition coefficient (Wildman–Crippen LogP) is 5.17. The summed E-state index contributed by atoms with van der Waals surface area (Å²) in [5.41, 5.74) is 13.9. The van der Waals surface area contributed by atoms with Gasteiger partial charge in [-0.05, 0) is 87.4 Å². The Morgan fingerprint density at radius 3 is 2.67 bits per heavy atom. The van der Waals surface area contributed by atoms with Crippen LogP contribution in [-0.4, -0.2) is 28.5 Å². The van der Waals surface area contributed by atoms with E-state index in [-0.39, 0.29) is 5.91 Å². The highest BCUT2D eigenvalue weighted by molar-refractivity contribution is 6.36. The minimum absolute atomic E-state index is 0.0741. The molecule has 2 aliphatic rings. The second-order valence-electron chi connectivity index (χ2n) is 9.40. The molecule has 0 radical (unpaired) electrons. The molecule has 0 saturated heterocycles. The Morgan fingerprint density at radius 2 is 1.97 bits per heavy atom. The average Bonchev–Trinajstić information content (AvgIpc) is 3.26. The maximum atomic E-state index is 13.7. The van der Waals surface area contributed by atoms with Crippen LogP contribution < -0.4 is 16.0 Å². The van der Waals surface area contributed by atoms with Crippen molar-refractivity contribution < 1.29 is 4.79 Å². The van der Waals surface area contributed by atoms with E-state index >= 15 is 0 Å². The lowest BCUT2D eigenvalue weighted by Gasteiger charge is -2.30. The fourth-order valence-electron chi connectivity index (χ4n) is 5.03. The molecule has 4 N–H and O–H groups in total. The molecule has 1 amide bonds. The Kier molecular flexibility index (Phi) is 5.77. The molecule has 5 rings (SSSR count). The number of hydrogen-bond acceptors (Lipinski definition) is 4. The quantitative estimate of drug-likeness (QED) is 0.477. The van der Waals surface area contributed by atoms with E-state index in [1.54, 1.807) is 12.4 Å². The number of nitrogens with one attached hydrogen (secondary N) is 2. The lowest BCUT2D eigenvalue weighted by Crippen LogP contribution is -2.36. The molecule has 6 nitrogen and oxygen atoms in total. The molecule has 0 bridgehead atoms. The first-order valence-corrected chi connectivity index (χ1v) is 11.7. The standard InChI is InChI=1S/C27H31N5O/c1-17-12-18(2)30-25(17)14-24-23-10-9-21(31-22-4-3-11-29-15-22)13-26(23)32(27(24)33)16-19-5-7-20(28)8-6-19/h3-4,9-15,19-20,30-31H,5-8,16,28H2,1-2H3/b24-14-. The van der Waals surface area contributed by atoms with E-state index in [0.717, 1.165) is 77.4 Å². The number of nitrogens with two attached hydrogens (primary N) is 1. The van der Waals surface area contributed by atoms with Crippen molar-refractivity contribution in [1.82, 2.24) is 9.97 Å². The maximum absolute atomic E-state index is 13.7. The summed E-state index contributed by atoms with van der Waals surface area (Å²) in [5, 5.41) is 3.41. The van der Waals surface area contributed by atoms with Crippen molar-refractivity contribution in [3.63, 3.8) is 0 Å². The van der Waals surface area contributed by atoms with Crippen LogP contribution in [0.2, 0.25) is 0 Å². The number of aromatic amines is 1. The lowest BCUT2D eigenvalue weighted by molar-refractivity contribution is -0.113. The van der Waals surface area contributed by atoms with E-state index in [1.807, 2.05) is 36.1 Å². The van der Waals surface area contributed by atoms with Gasteiger partial charge in [-0.3, -0.25) is 9.78 Å². The summed E-state index contributed by atoms with van der Waals surface area (Å²) in [6.07, 6.45) is 9.77. The van der Waals surface area contributed by atoms with Gasteiger partial charge in [0.1, 0.15) is 0 Å². The Labute approximate surface area is 194 Å². The van der Waals surface area contributed by atoms with Crippen LogP contribution in [0.1, 0.15) is 48.2 Å². The summed E-state index contributed by atoms with van der Waals surface area (Å²) in [6, 6.07) is 12.5. The summed E-state index contributed by atoms with van der Waals surface area (Å²) in [6.45, 7) is 4.84. The van der Waals surface area contributed by atoms with Crippen LogP contribution in [0.4, 0.5) is 17.1 Å². The molecule has 1 aliphatic heterocycles. The fourth-order valence-corrected chi connectivity index (χ4v) is 5.03. The number of rotatable bonds is 5. The number of hydrogen-bond donors (Lipinski definition) is 3. The summed E-state index contributed by atoms with van der Waals surface area (Å²) in [5.74, 6) is 0.551. The number of aromatic nitrogens is 2. The Morgan fingerprint density at radius 1 is 1.15 bits per heavy atom. The number of anilines is 3. The van der Waals surface area contributed by atoms with Crippen LogP contribution in [0.5, 0.6) is 0 Å². The molecule has 3 aromatic rings. The van der Waals surface area contributed by atoms with Gasteiger partial charge in [0.2, 0.25) is 0 Å². The molecule has 170 valence electrons. The van der Waals surface area contributed by atoms with Gasteiger partial charge in [-0.15, -0.1) is 0 Å². The van der Waals surface area contributed by atoms with Crippen molar-refractivity contribution in [3.05, 3.63) is 71.3 Å². The van der Waals surface area contributed by atoms with E-state index in [1.165, 1.54) is 0 Å². The largest absolute Gasteiger partial charge is 0.359 e. The van der Waals surface area contributed by atoms with Gasteiger partial charge in [-0.1, -0.05) is 6.07 Å². The van der Waals surface area contributed by atoms with E-state index in [9.17, 15) is 4.79 Å². The van der Waals surface area contributed by atoms with Crippen LogP contribution in [0.15, 0.2) is 48.8 Å². The SMILES string of the molecule is Cc1cc(C)c(/C=C2\C(=O)N(CC3CCC(N)CC3)c3cc(Nc4cccnc4)ccc32)[nH]1. The third-order valence-electron chi connectivity index (χ3n) is 6.82. The van der Waals surface area contributed by atoms with Crippen LogP contribution in [0.25, 0.3) is 11.6 Å². The number of nitrogens with zero attached hydrogens (tertiary/aromatic N) is 2.